The normalized spacial score (nSPS) is 12.6. The van der Waals surface area contributed by atoms with E-state index >= 15 is 0 Å². The SMILES string of the molecule is CCCCC(CSc1ccccc1)NCCC. The first-order chi connectivity index (χ1) is 8.36. The van der Waals surface area contributed by atoms with E-state index in [2.05, 4.69) is 49.5 Å². The third-order valence-corrected chi connectivity index (χ3v) is 3.96. The quantitative estimate of drug-likeness (QED) is 0.655. The van der Waals surface area contributed by atoms with E-state index < -0.39 is 0 Å². The van der Waals surface area contributed by atoms with E-state index in [1.165, 1.54) is 36.3 Å². The molecule has 96 valence electrons. The molecule has 2 heteroatoms. The van der Waals surface area contributed by atoms with Gasteiger partial charge in [-0.1, -0.05) is 44.9 Å². The molecule has 1 aromatic carbocycles. The molecule has 1 unspecified atom stereocenters. The van der Waals surface area contributed by atoms with Crippen LogP contribution in [-0.4, -0.2) is 18.3 Å². The Hall–Kier alpha value is -0.470. The number of unbranched alkanes of at least 4 members (excludes halogenated alkanes) is 1. The molecule has 1 N–H and O–H groups in total. The Morgan fingerprint density at radius 2 is 1.88 bits per heavy atom. The van der Waals surface area contributed by atoms with Crippen molar-refractivity contribution in [2.45, 2.75) is 50.5 Å². The maximum atomic E-state index is 3.65. The molecule has 1 rings (SSSR count). The zero-order valence-electron chi connectivity index (χ0n) is 11.1. The largest absolute Gasteiger partial charge is 0.313 e. The molecule has 17 heavy (non-hydrogen) atoms. The van der Waals surface area contributed by atoms with Crippen LogP contribution in [0.2, 0.25) is 0 Å². The van der Waals surface area contributed by atoms with Crippen LogP contribution in [0.5, 0.6) is 0 Å². The van der Waals surface area contributed by atoms with Crippen molar-refractivity contribution in [1.82, 2.24) is 5.32 Å². The van der Waals surface area contributed by atoms with Gasteiger partial charge in [0.2, 0.25) is 0 Å². The van der Waals surface area contributed by atoms with Gasteiger partial charge in [0.15, 0.2) is 0 Å². The second-order valence-electron chi connectivity index (χ2n) is 4.42. The summed E-state index contributed by atoms with van der Waals surface area (Å²) in [5, 5.41) is 3.65. The predicted molar refractivity (Wildman–Crippen MR) is 78.8 cm³/mol. The fraction of sp³-hybridized carbons (Fsp3) is 0.600. The molecule has 1 atom stereocenters. The van der Waals surface area contributed by atoms with Gasteiger partial charge >= 0.3 is 0 Å². The van der Waals surface area contributed by atoms with Gasteiger partial charge in [-0.3, -0.25) is 0 Å². The molecule has 0 bridgehead atoms. The van der Waals surface area contributed by atoms with Crippen LogP contribution in [0, 0.1) is 0 Å². The fourth-order valence-electron chi connectivity index (χ4n) is 1.76. The lowest BCUT2D eigenvalue weighted by atomic mass is 10.1. The van der Waals surface area contributed by atoms with Gasteiger partial charge in [-0.05, 0) is 31.5 Å². The third-order valence-electron chi connectivity index (χ3n) is 2.78. The zero-order chi connectivity index (χ0) is 12.3. The molecule has 0 saturated heterocycles. The molecule has 1 aromatic rings. The molecular formula is C15H25NS. The van der Waals surface area contributed by atoms with Crippen LogP contribution in [0.4, 0.5) is 0 Å². The first kappa shape index (κ1) is 14.6. The lowest BCUT2D eigenvalue weighted by molar-refractivity contribution is 0.501. The van der Waals surface area contributed by atoms with E-state index in [1.54, 1.807) is 0 Å². The number of hydrogen-bond donors (Lipinski definition) is 1. The van der Waals surface area contributed by atoms with Crippen molar-refractivity contribution in [1.29, 1.82) is 0 Å². The van der Waals surface area contributed by atoms with Crippen LogP contribution in [0.1, 0.15) is 39.5 Å². The van der Waals surface area contributed by atoms with Gasteiger partial charge < -0.3 is 5.32 Å². The standard InChI is InChI=1S/C15H25NS/c1-3-5-9-14(16-12-4-2)13-17-15-10-7-6-8-11-15/h6-8,10-11,14,16H,3-5,9,12-13H2,1-2H3. The van der Waals surface area contributed by atoms with Gasteiger partial charge in [0.25, 0.3) is 0 Å². The van der Waals surface area contributed by atoms with Crippen molar-refractivity contribution in [2.75, 3.05) is 12.3 Å². The molecule has 0 fully saturated rings. The molecule has 0 aliphatic rings. The maximum absolute atomic E-state index is 3.65. The molecule has 0 aliphatic carbocycles. The first-order valence-corrected chi connectivity index (χ1v) is 7.76. The lowest BCUT2D eigenvalue weighted by Gasteiger charge is -2.17. The highest BCUT2D eigenvalue weighted by molar-refractivity contribution is 7.99. The molecular weight excluding hydrogens is 226 g/mol. The molecule has 0 radical (unpaired) electrons. The van der Waals surface area contributed by atoms with Crippen molar-refractivity contribution in [3.05, 3.63) is 30.3 Å². The van der Waals surface area contributed by atoms with E-state index in [-0.39, 0.29) is 0 Å². The van der Waals surface area contributed by atoms with Crippen LogP contribution in [0.25, 0.3) is 0 Å². The average molecular weight is 251 g/mol. The topological polar surface area (TPSA) is 12.0 Å². The van der Waals surface area contributed by atoms with Gasteiger partial charge in [-0.2, -0.15) is 0 Å². The number of nitrogens with one attached hydrogen (secondary N) is 1. The Morgan fingerprint density at radius 1 is 1.12 bits per heavy atom. The Morgan fingerprint density at radius 3 is 2.53 bits per heavy atom. The van der Waals surface area contributed by atoms with Gasteiger partial charge in [-0.25, -0.2) is 0 Å². The van der Waals surface area contributed by atoms with E-state index in [9.17, 15) is 0 Å². The molecule has 0 spiro atoms. The minimum Gasteiger partial charge on any atom is -0.313 e. The number of rotatable bonds is 9. The number of benzene rings is 1. The first-order valence-electron chi connectivity index (χ1n) is 6.78. The Kier molecular flexibility index (Phi) is 8.20. The second-order valence-corrected chi connectivity index (χ2v) is 5.51. The highest BCUT2D eigenvalue weighted by atomic mass is 32.2. The van der Waals surface area contributed by atoms with Crippen LogP contribution >= 0.6 is 11.8 Å². The molecule has 0 heterocycles. The summed E-state index contributed by atoms with van der Waals surface area (Å²) in [5.41, 5.74) is 0. The van der Waals surface area contributed by atoms with Crippen molar-refractivity contribution in [3.63, 3.8) is 0 Å². The van der Waals surface area contributed by atoms with E-state index in [1.807, 2.05) is 11.8 Å². The molecule has 1 nitrogen and oxygen atoms in total. The Labute approximate surface area is 110 Å². The zero-order valence-corrected chi connectivity index (χ0v) is 11.9. The van der Waals surface area contributed by atoms with Crippen molar-refractivity contribution in [2.24, 2.45) is 0 Å². The highest BCUT2D eigenvalue weighted by Gasteiger charge is 2.07. The van der Waals surface area contributed by atoms with Crippen LogP contribution < -0.4 is 5.32 Å². The smallest absolute Gasteiger partial charge is 0.0161 e. The molecule has 0 aliphatic heterocycles. The monoisotopic (exact) mass is 251 g/mol. The fourth-order valence-corrected chi connectivity index (χ4v) is 2.78. The molecule has 0 saturated carbocycles. The van der Waals surface area contributed by atoms with Crippen molar-refractivity contribution >= 4 is 11.8 Å². The summed E-state index contributed by atoms with van der Waals surface area (Å²) in [5.74, 6) is 1.18. The summed E-state index contributed by atoms with van der Waals surface area (Å²) < 4.78 is 0. The molecule has 0 aromatic heterocycles. The highest BCUT2D eigenvalue weighted by Crippen LogP contribution is 2.19. The molecule has 0 amide bonds. The van der Waals surface area contributed by atoms with Gasteiger partial charge in [0.05, 0.1) is 0 Å². The van der Waals surface area contributed by atoms with Gasteiger partial charge in [0.1, 0.15) is 0 Å². The van der Waals surface area contributed by atoms with E-state index in [0.717, 1.165) is 6.54 Å². The summed E-state index contributed by atoms with van der Waals surface area (Å²) in [4.78, 5) is 1.38. The minimum absolute atomic E-state index is 0.667. The van der Waals surface area contributed by atoms with Gasteiger partial charge in [0, 0.05) is 16.7 Å². The van der Waals surface area contributed by atoms with E-state index in [4.69, 9.17) is 0 Å². The summed E-state index contributed by atoms with van der Waals surface area (Å²) >= 11 is 1.97. The average Bonchev–Trinajstić information content (AvgIpc) is 2.39. The Bertz CT molecular complexity index is 266. The maximum Gasteiger partial charge on any atom is 0.0161 e. The summed E-state index contributed by atoms with van der Waals surface area (Å²) in [6.07, 6.45) is 5.14. The summed E-state index contributed by atoms with van der Waals surface area (Å²) in [7, 11) is 0. The van der Waals surface area contributed by atoms with Crippen LogP contribution in [0.15, 0.2) is 35.2 Å². The van der Waals surface area contributed by atoms with Gasteiger partial charge in [-0.15, -0.1) is 11.8 Å². The lowest BCUT2D eigenvalue weighted by Crippen LogP contribution is -2.31. The number of thioether (sulfide) groups is 1. The summed E-state index contributed by atoms with van der Waals surface area (Å²) in [6, 6.07) is 11.4. The van der Waals surface area contributed by atoms with Crippen molar-refractivity contribution < 1.29 is 0 Å². The minimum atomic E-state index is 0.667. The van der Waals surface area contributed by atoms with E-state index in [0.29, 0.717) is 6.04 Å². The second kappa shape index (κ2) is 9.55. The van der Waals surface area contributed by atoms with Crippen LogP contribution in [-0.2, 0) is 0 Å². The summed E-state index contributed by atoms with van der Waals surface area (Å²) in [6.45, 7) is 5.64. The third kappa shape index (κ3) is 6.75. The number of hydrogen-bond acceptors (Lipinski definition) is 2. The predicted octanol–water partition coefficient (Wildman–Crippen LogP) is 4.34. The van der Waals surface area contributed by atoms with Crippen molar-refractivity contribution in [3.8, 4) is 0 Å². The Balaban J connectivity index is 2.31. The van der Waals surface area contributed by atoms with Crippen LogP contribution in [0.3, 0.4) is 0 Å².